The molecule has 0 radical (unpaired) electrons. The van der Waals surface area contributed by atoms with E-state index in [9.17, 15) is 5.11 Å². The first kappa shape index (κ1) is 16.8. The molecule has 1 saturated carbocycles. The molecule has 2 rings (SSSR count). The summed E-state index contributed by atoms with van der Waals surface area (Å²) < 4.78 is 0. The predicted octanol–water partition coefficient (Wildman–Crippen LogP) is 3.29. The zero-order valence-corrected chi connectivity index (χ0v) is 13.8. The maximum Gasteiger partial charge on any atom is 0.151 e. The number of imidazole rings is 1. The van der Waals surface area contributed by atoms with Crippen molar-refractivity contribution < 1.29 is 5.11 Å². The van der Waals surface area contributed by atoms with Crippen LogP contribution in [0.1, 0.15) is 57.0 Å². The van der Waals surface area contributed by atoms with Crippen molar-refractivity contribution in [3.05, 3.63) is 16.7 Å². The Labute approximate surface area is 132 Å². The molecule has 0 amide bonds. The largest absolute Gasteiger partial charge is 0.396 e. The molecule has 1 aromatic rings. The first-order chi connectivity index (χ1) is 10.2. The molecule has 0 saturated heterocycles. The van der Waals surface area contributed by atoms with Gasteiger partial charge in [0, 0.05) is 19.6 Å². The highest BCUT2D eigenvalue weighted by Gasteiger charge is 2.24. The highest BCUT2D eigenvalue weighted by molar-refractivity contribution is 6.30. The fraction of sp³-hybridized carbons (Fsp3) is 0.812. The topological polar surface area (TPSA) is 60.9 Å². The molecule has 1 aromatic heterocycles. The standard InChI is InChI=1S/C16H28ClN3O/c1-2-3-8-15-19-14(16(17)20-15)10-18-9-12-6-4-5-7-13(12)11-21/h12-13,18,21H,2-11H2,1H3,(H,19,20). The number of hydrogen-bond acceptors (Lipinski definition) is 3. The zero-order chi connectivity index (χ0) is 15.1. The van der Waals surface area contributed by atoms with Crippen LogP contribution < -0.4 is 5.32 Å². The van der Waals surface area contributed by atoms with Crippen LogP contribution in [0, 0.1) is 11.8 Å². The summed E-state index contributed by atoms with van der Waals surface area (Å²) in [5, 5.41) is 13.5. The average Bonchev–Trinajstić information content (AvgIpc) is 2.86. The third-order valence-electron chi connectivity index (χ3n) is 4.55. The van der Waals surface area contributed by atoms with Crippen LogP contribution in [0.25, 0.3) is 0 Å². The van der Waals surface area contributed by atoms with E-state index in [-0.39, 0.29) is 0 Å². The molecule has 120 valence electrons. The zero-order valence-electron chi connectivity index (χ0n) is 13.0. The first-order valence-electron chi connectivity index (χ1n) is 8.29. The van der Waals surface area contributed by atoms with Crippen LogP contribution >= 0.6 is 11.6 Å². The summed E-state index contributed by atoms with van der Waals surface area (Å²) in [6, 6.07) is 0. The Morgan fingerprint density at radius 1 is 1.33 bits per heavy atom. The number of aryl methyl sites for hydroxylation is 1. The van der Waals surface area contributed by atoms with Crippen molar-refractivity contribution in [1.82, 2.24) is 15.3 Å². The second-order valence-corrected chi connectivity index (χ2v) is 6.53. The first-order valence-corrected chi connectivity index (χ1v) is 8.67. The number of unbranched alkanes of at least 4 members (excludes halogenated alkanes) is 1. The van der Waals surface area contributed by atoms with Gasteiger partial charge >= 0.3 is 0 Å². The lowest BCUT2D eigenvalue weighted by Gasteiger charge is -2.30. The number of aromatic nitrogens is 2. The average molecular weight is 314 g/mol. The van der Waals surface area contributed by atoms with Gasteiger partial charge in [0.25, 0.3) is 0 Å². The van der Waals surface area contributed by atoms with E-state index >= 15 is 0 Å². The summed E-state index contributed by atoms with van der Waals surface area (Å²) in [5.41, 5.74) is 0.985. The molecule has 0 spiro atoms. The summed E-state index contributed by atoms with van der Waals surface area (Å²) in [6.45, 7) is 4.17. The quantitative estimate of drug-likeness (QED) is 0.690. The summed E-state index contributed by atoms with van der Waals surface area (Å²) in [6.07, 6.45) is 8.19. The van der Waals surface area contributed by atoms with Crippen molar-refractivity contribution in [3.63, 3.8) is 0 Å². The Morgan fingerprint density at radius 2 is 2.10 bits per heavy atom. The van der Waals surface area contributed by atoms with Gasteiger partial charge in [-0.1, -0.05) is 37.8 Å². The van der Waals surface area contributed by atoms with Crippen molar-refractivity contribution in [2.45, 2.75) is 58.4 Å². The number of nitrogens with one attached hydrogen (secondary N) is 2. The third kappa shape index (κ3) is 4.97. The van der Waals surface area contributed by atoms with E-state index in [0.29, 0.717) is 23.6 Å². The van der Waals surface area contributed by atoms with Crippen molar-refractivity contribution in [3.8, 4) is 0 Å². The number of halogens is 1. The van der Waals surface area contributed by atoms with E-state index in [1.807, 2.05) is 0 Å². The van der Waals surface area contributed by atoms with Crippen LogP contribution in [-0.4, -0.2) is 28.2 Å². The molecule has 2 atom stereocenters. The fourth-order valence-electron chi connectivity index (χ4n) is 3.20. The maximum atomic E-state index is 9.44. The monoisotopic (exact) mass is 313 g/mol. The molecule has 1 aliphatic carbocycles. The minimum atomic E-state index is 0.318. The highest BCUT2D eigenvalue weighted by Crippen LogP contribution is 2.29. The molecule has 0 aromatic carbocycles. The van der Waals surface area contributed by atoms with E-state index in [2.05, 4.69) is 22.2 Å². The molecule has 0 aliphatic heterocycles. The van der Waals surface area contributed by atoms with Gasteiger partial charge in [0.1, 0.15) is 5.82 Å². The van der Waals surface area contributed by atoms with Gasteiger partial charge in [-0.05, 0) is 37.6 Å². The van der Waals surface area contributed by atoms with E-state index in [0.717, 1.165) is 50.3 Å². The molecule has 5 heteroatoms. The summed E-state index contributed by atoms with van der Waals surface area (Å²) >= 11 is 6.18. The van der Waals surface area contributed by atoms with Gasteiger partial charge in [-0.15, -0.1) is 0 Å². The Bertz CT molecular complexity index is 422. The van der Waals surface area contributed by atoms with Crippen LogP contribution in [0.5, 0.6) is 0 Å². The van der Waals surface area contributed by atoms with E-state index < -0.39 is 0 Å². The van der Waals surface area contributed by atoms with E-state index in [1.165, 1.54) is 19.3 Å². The van der Waals surface area contributed by atoms with Gasteiger partial charge in [0.2, 0.25) is 0 Å². The molecule has 2 unspecified atom stereocenters. The van der Waals surface area contributed by atoms with E-state index in [4.69, 9.17) is 11.6 Å². The number of H-pyrrole nitrogens is 1. The Hall–Kier alpha value is -0.580. The molecule has 1 heterocycles. The van der Waals surface area contributed by atoms with Crippen LogP contribution in [0.3, 0.4) is 0 Å². The number of aromatic amines is 1. The number of aliphatic hydroxyl groups excluding tert-OH is 1. The van der Waals surface area contributed by atoms with Crippen LogP contribution in [0.4, 0.5) is 0 Å². The Balaban J connectivity index is 1.78. The van der Waals surface area contributed by atoms with Crippen molar-refractivity contribution in [1.29, 1.82) is 0 Å². The minimum Gasteiger partial charge on any atom is -0.396 e. The second kappa shape index (κ2) is 8.76. The van der Waals surface area contributed by atoms with Gasteiger partial charge in [-0.3, -0.25) is 0 Å². The van der Waals surface area contributed by atoms with Crippen LogP contribution in [-0.2, 0) is 13.0 Å². The van der Waals surface area contributed by atoms with Gasteiger partial charge in [0.05, 0.1) is 5.69 Å². The molecule has 1 fully saturated rings. The molecule has 1 aliphatic rings. The Kier molecular flexibility index (Phi) is 7.00. The molecule has 0 bridgehead atoms. The van der Waals surface area contributed by atoms with Crippen molar-refractivity contribution in [2.75, 3.05) is 13.2 Å². The number of hydrogen-bond donors (Lipinski definition) is 3. The lowest BCUT2D eigenvalue weighted by atomic mass is 9.79. The van der Waals surface area contributed by atoms with Gasteiger partial charge in [0.15, 0.2) is 5.15 Å². The normalized spacial score (nSPS) is 22.6. The van der Waals surface area contributed by atoms with Crippen molar-refractivity contribution in [2.24, 2.45) is 11.8 Å². The van der Waals surface area contributed by atoms with E-state index in [1.54, 1.807) is 0 Å². The number of aliphatic hydroxyl groups is 1. The molecule has 21 heavy (non-hydrogen) atoms. The molecular weight excluding hydrogens is 286 g/mol. The highest BCUT2D eigenvalue weighted by atomic mass is 35.5. The smallest absolute Gasteiger partial charge is 0.151 e. The predicted molar refractivity (Wildman–Crippen MR) is 86.5 cm³/mol. The summed E-state index contributed by atoms with van der Waals surface area (Å²) in [4.78, 5) is 7.70. The van der Waals surface area contributed by atoms with Gasteiger partial charge in [-0.2, -0.15) is 0 Å². The summed E-state index contributed by atoms with van der Waals surface area (Å²) in [7, 11) is 0. The maximum absolute atomic E-state index is 9.44. The van der Waals surface area contributed by atoms with Crippen LogP contribution in [0.15, 0.2) is 0 Å². The van der Waals surface area contributed by atoms with Gasteiger partial charge in [-0.25, -0.2) is 4.98 Å². The Morgan fingerprint density at radius 3 is 2.81 bits per heavy atom. The molecular formula is C16H28ClN3O. The second-order valence-electron chi connectivity index (χ2n) is 6.17. The van der Waals surface area contributed by atoms with Crippen LogP contribution in [0.2, 0.25) is 5.15 Å². The summed E-state index contributed by atoms with van der Waals surface area (Å²) in [5.74, 6) is 2.04. The number of nitrogens with zero attached hydrogens (tertiary/aromatic N) is 1. The molecule has 3 N–H and O–H groups in total. The minimum absolute atomic E-state index is 0.318. The molecule has 4 nitrogen and oxygen atoms in total. The lowest BCUT2D eigenvalue weighted by Crippen LogP contribution is -2.32. The fourth-order valence-corrected chi connectivity index (χ4v) is 3.41. The third-order valence-corrected chi connectivity index (χ3v) is 4.87. The lowest BCUT2D eigenvalue weighted by molar-refractivity contribution is 0.133. The van der Waals surface area contributed by atoms with Crippen molar-refractivity contribution >= 4 is 11.6 Å². The van der Waals surface area contributed by atoms with Gasteiger partial charge < -0.3 is 15.4 Å². The SMILES string of the molecule is CCCCc1nc(Cl)c(CNCC2CCCCC2CO)[nH]1. The number of rotatable bonds is 8.